The smallest absolute Gasteiger partial charge is 0.384 e. The van der Waals surface area contributed by atoms with Crippen LogP contribution in [-0.2, 0) is 6.18 Å². The Kier molecular flexibility index (Phi) is 4.60. The van der Waals surface area contributed by atoms with Crippen LogP contribution in [0, 0.1) is 5.82 Å². The molecule has 2 aromatic rings. The third-order valence-electron chi connectivity index (χ3n) is 2.87. The third kappa shape index (κ3) is 3.56. The van der Waals surface area contributed by atoms with Gasteiger partial charge < -0.3 is 5.11 Å². The molecule has 7 heteroatoms. The maximum absolute atomic E-state index is 13.5. The van der Waals surface area contributed by atoms with Gasteiger partial charge in [-0.05, 0) is 51.3 Å². The van der Waals surface area contributed by atoms with Gasteiger partial charge in [0.1, 0.15) is 11.9 Å². The number of aliphatic hydroxyl groups is 1. The van der Waals surface area contributed by atoms with Crippen LogP contribution in [0.25, 0.3) is 0 Å². The van der Waals surface area contributed by atoms with E-state index in [1.54, 1.807) is 6.07 Å². The summed E-state index contributed by atoms with van der Waals surface area (Å²) in [4.78, 5) is 0. The molecule has 0 saturated carbocycles. The maximum Gasteiger partial charge on any atom is 0.419 e. The molecule has 0 aromatic heterocycles. The number of rotatable bonds is 2. The van der Waals surface area contributed by atoms with Crippen LogP contribution in [0.3, 0.4) is 0 Å². The van der Waals surface area contributed by atoms with Crippen molar-refractivity contribution in [1.29, 1.82) is 0 Å². The summed E-state index contributed by atoms with van der Waals surface area (Å²) in [5, 5.41) is 10.4. The van der Waals surface area contributed by atoms with Crippen molar-refractivity contribution < 1.29 is 22.7 Å². The molecule has 0 aliphatic carbocycles. The van der Waals surface area contributed by atoms with E-state index in [2.05, 4.69) is 15.9 Å². The van der Waals surface area contributed by atoms with Crippen molar-refractivity contribution in [3.63, 3.8) is 0 Å². The van der Waals surface area contributed by atoms with Crippen molar-refractivity contribution in [3.8, 4) is 0 Å². The molecule has 1 N–H and O–H groups in total. The van der Waals surface area contributed by atoms with Crippen molar-refractivity contribution in [1.82, 2.24) is 0 Å². The topological polar surface area (TPSA) is 20.2 Å². The van der Waals surface area contributed by atoms with E-state index in [1.807, 2.05) is 0 Å². The molecule has 0 aliphatic heterocycles. The number of hydrogen-bond acceptors (Lipinski definition) is 1. The first kappa shape index (κ1) is 16.3. The van der Waals surface area contributed by atoms with Gasteiger partial charge in [-0.1, -0.05) is 23.7 Å². The molecule has 0 heterocycles. The Labute approximate surface area is 131 Å². The van der Waals surface area contributed by atoms with Crippen molar-refractivity contribution in [2.75, 3.05) is 0 Å². The summed E-state index contributed by atoms with van der Waals surface area (Å²) >= 11 is 9.06. The van der Waals surface area contributed by atoms with Gasteiger partial charge in [0.15, 0.2) is 0 Å². The SMILES string of the molecule is OC(c1ccc(C(F)(F)F)c(F)c1)c1ccc(Br)c(Cl)c1. The first-order valence-corrected chi connectivity index (χ1v) is 6.87. The van der Waals surface area contributed by atoms with E-state index in [0.717, 1.165) is 6.07 Å². The summed E-state index contributed by atoms with van der Waals surface area (Å²) in [6, 6.07) is 6.88. The van der Waals surface area contributed by atoms with E-state index in [0.29, 0.717) is 27.2 Å². The van der Waals surface area contributed by atoms with Gasteiger partial charge in [-0.3, -0.25) is 0 Å². The fourth-order valence-corrected chi connectivity index (χ4v) is 2.24. The van der Waals surface area contributed by atoms with Gasteiger partial charge >= 0.3 is 6.18 Å². The minimum absolute atomic E-state index is 0.0129. The summed E-state index contributed by atoms with van der Waals surface area (Å²) in [6.45, 7) is 0. The maximum atomic E-state index is 13.5. The van der Waals surface area contributed by atoms with Gasteiger partial charge in [0.05, 0.1) is 10.6 Å². The quantitative estimate of drug-likeness (QED) is 0.694. The standard InChI is InChI=1S/C14H8BrClF4O/c15-10-4-2-7(5-11(10)16)13(21)8-1-3-9(12(17)6-8)14(18,19)20/h1-6,13,21H. The second-order valence-electron chi connectivity index (χ2n) is 4.31. The van der Waals surface area contributed by atoms with Crippen LogP contribution in [0.15, 0.2) is 40.9 Å². The predicted octanol–water partition coefficient (Wildman–Crippen LogP) is 5.34. The highest BCUT2D eigenvalue weighted by molar-refractivity contribution is 9.10. The fraction of sp³-hybridized carbons (Fsp3) is 0.143. The highest BCUT2D eigenvalue weighted by Gasteiger charge is 2.34. The molecule has 0 fully saturated rings. The van der Waals surface area contributed by atoms with E-state index < -0.39 is 23.7 Å². The van der Waals surface area contributed by atoms with Crippen LogP contribution in [0.2, 0.25) is 5.02 Å². The first-order valence-electron chi connectivity index (χ1n) is 5.70. The average molecular weight is 384 g/mol. The van der Waals surface area contributed by atoms with E-state index in [9.17, 15) is 22.7 Å². The van der Waals surface area contributed by atoms with Crippen LogP contribution in [-0.4, -0.2) is 5.11 Å². The lowest BCUT2D eigenvalue weighted by atomic mass is 10.00. The Morgan fingerprint density at radius 3 is 2.14 bits per heavy atom. The molecule has 0 spiro atoms. The van der Waals surface area contributed by atoms with Gasteiger partial charge in [-0.2, -0.15) is 13.2 Å². The summed E-state index contributed by atoms with van der Waals surface area (Å²) in [5.41, 5.74) is -1.01. The zero-order valence-corrected chi connectivity index (χ0v) is 12.6. The Balaban J connectivity index is 2.38. The summed E-state index contributed by atoms with van der Waals surface area (Å²) in [6.07, 6.45) is -6.04. The Morgan fingerprint density at radius 2 is 1.62 bits per heavy atom. The number of benzene rings is 2. The molecule has 1 atom stereocenters. The van der Waals surface area contributed by atoms with Crippen LogP contribution >= 0.6 is 27.5 Å². The number of hydrogen-bond donors (Lipinski definition) is 1. The van der Waals surface area contributed by atoms with Crippen LogP contribution in [0.1, 0.15) is 22.8 Å². The molecule has 1 nitrogen and oxygen atoms in total. The molecular weight excluding hydrogens is 376 g/mol. The molecule has 1 unspecified atom stereocenters. The number of alkyl halides is 3. The highest BCUT2D eigenvalue weighted by atomic mass is 79.9. The zero-order chi connectivity index (χ0) is 15.8. The van der Waals surface area contributed by atoms with E-state index in [-0.39, 0.29) is 5.56 Å². The van der Waals surface area contributed by atoms with Crippen LogP contribution < -0.4 is 0 Å². The van der Waals surface area contributed by atoms with Gasteiger partial charge in [0.25, 0.3) is 0 Å². The molecule has 2 aromatic carbocycles. The van der Waals surface area contributed by atoms with Crippen molar-refractivity contribution in [2.45, 2.75) is 12.3 Å². The molecule has 0 bridgehead atoms. The molecular formula is C14H8BrClF4O. The van der Waals surface area contributed by atoms with E-state index >= 15 is 0 Å². The summed E-state index contributed by atoms with van der Waals surface area (Å²) in [7, 11) is 0. The summed E-state index contributed by atoms with van der Waals surface area (Å²) in [5.74, 6) is -1.43. The second-order valence-corrected chi connectivity index (χ2v) is 5.57. The Hall–Kier alpha value is -1.11. The van der Waals surface area contributed by atoms with Crippen molar-refractivity contribution in [3.05, 3.63) is 68.4 Å². The molecule has 0 aliphatic rings. The lowest BCUT2D eigenvalue weighted by Gasteiger charge is -2.14. The van der Waals surface area contributed by atoms with Crippen molar-refractivity contribution in [2.24, 2.45) is 0 Å². The Bertz CT molecular complexity index is 673. The van der Waals surface area contributed by atoms with Crippen molar-refractivity contribution >= 4 is 27.5 Å². The lowest BCUT2D eigenvalue weighted by molar-refractivity contribution is -0.140. The molecule has 0 amide bonds. The molecule has 0 saturated heterocycles. The third-order valence-corrected chi connectivity index (χ3v) is 4.11. The molecule has 0 radical (unpaired) electrons. The molecule has 112 valence electrons. The number of aliphatic hydroxyl groups excluding tert-OH is 1. The van der Waals surface area contributed by atoms with Gasteiger partial charge in [0.2, 0.25) is 0 Å². The van der Waals surface area contributed by atoms with Crippen LogP contribution in [0.4, 0.5) is 17.6 Å². The molecule has 21 heavy (non-hydrogen) atoms. The average Bonchev–Trinajstić information content (AvgIpc) is 2.39. The zero-order valence-electron chi connectivity index (χ0n) is 10.3. The van der Waals surface area contributed by atoms with Crippen LogP contribution in [0.5, 0.6) is 0 Å². The normalized spacial score (nSPS) is 13.3. The van der Waals surface area contributed by atoms with E-state index in [4.69, 9.17) is 11.6 Å². The van der Waals surface area contributed by atoms with Gasteiger partial charge in [-0.15, -0.1) is 0 Å². The largest absolute Gasteiger partial charge is 0.419 e. The predicted molar refractivity (Wildman–Crippen MR) is 74.6 cm³/mol. The second kappa shape index (κ2) is 5.94. The summed E-state index contributed by atoms with van der Waals surface area (Å²) < 4.78 is 51.5. The fourth-order valence-electron chi connectivity index (χ4n) is 1.81. The highest BCUT2D eigenvalue weighted by Crippen LogP contribution is 2.34. The van der Waals surface area contributed by atoms with Gasteiger partial charge in [0, 0.05) is 4.47 Å². The lowest BCUT2D eigenvalue weighted by Crippen LogP contribution is -2.09. The molecule has 2 rings (SSSR count). The monoisotopic (exact) mass is 382 g/mol. The minimum Gasteiger partial charge on any atom is -0.384 e. The Morgan fingerprint density at radius 1 is 1.05 bits per heavy atom. The minimum atomic E-state index is -4.77. The van der Waals surface area contributed by atoms with E-state index in [1.165, 1.54) is 12.1 Å². The van der Waals surface area contributed by atoms with Gasteiger partial charge in [-0.25, -0.2) is 4.39 Å². The number of halogens is 6. The first-order chi connectivity index (χ1) is 9.70.